The Labute approximate surface area is 91.2 Å². The molecule has 3 aliphatic rings. The number of amides is 1. The Kier molecular flexibility index (Phi) is 1.91. The van der Waals surface area contributed by atoms with E-state index in [1.54, 1.807) is 0 Å². The van der Waals surface area contributed by atoms with Crippen molar-refractivity contribution in [1.29, 1.82) is 0 Å². The molecule has 15 heavy (non-hydrogen) atoms. The van der Waals surface area contributed by atoms with Gasteiger partial charge in [-0.2, -0.15) is 0 Å². The maximum absolute atomic E-state index is 12.3. The van der Waals surface area contributed by atoms with Gasteiger partial charge >= 0.3 is 0 Å². The van der Waals surface area contributed by atoms with Crippen molar-refractivity contribution in [2.24, 2.45) is 17.3 Å². The fourth-order valence-corrected chi connectivity index (χ4v) is 3.21. The van der Waals surface area contributed by atoms with Crippen molar-refractivity contribution in [2.75, 3.05) is 19.6 Å². The third-order valence-corrected chi connectivity index (χ3v) is 4.54. The molecular formula is C12H20N2O. The van der Waals surface area contributed by atoms with Crippen molar-refractivity contribution < 1.29 is 4.79 Å². The number of carbonyl (C=O) groups is 1. The molecule has 3 atom stereocenters. The molecule has 1 saturated carbocycles. The number of hydrogen-bond donors (Lipinski definition) is 1. The first-order valence-corrected chi connectivity index (χ1v) is 6.11. The van der Waals surface area contributed by atoms with Crippen molar-refractivity contribution in [3.8, 4) is 0 Å². The van der Waals surface area contributed by atoms with Gasteiger partial charge in [0, 0.05) is 31.6 Å². The third-order valence-electron chi connectivity index (χ3n) is 4.54. The second kappa shape index (κ2) is 2.97. The summed E-state index contributed by atoms with van der Waals surface area (Å²) in [7, 11) is 0. The standard InChI is InChI=1S/C12H20N2O/c1-12(2)5-9(12)11(15)14-4-3-8-6-13-7-10(8)14/h8-10,13H,3-7H2,1-2H3/t8-,9?,10+/m0/s1. The molecule has 84 valence electrons. The van der Waals surface area contributed by atoms with E-state index in [4.69, 9.17) is 0 Å². The summed E-state index contributed by atoms with van der Waals surface area (Å²) < 4.78 is 0. The molecule has 0 spiro atoms. The second-order valence-electron chi connectivity index (χ2n) is 6.05. The molecule has 0 aromatic carbocycles. The summed E-state index contributed by atoms with van der Waals surface area (Å²) in [5.41, 5.74) is 0.279. The lowest BCUT2D eigenvalue weighted by Crippen LogP contribution is -2.40. The summed E-state index contributed by atoms with van der Waals surface area (Å²) in [6.07, 6.45) is 2.30. The number of rotatable bonds is 1. The van der Waals surface area contributed by atoms with Gasteiger partial charge in [0.15, 0.2) is 0 Å². The van der Waals surface area contributed by atoms with Crippen LogP contribution in [0.2, 0.25) is 0 Å². The van der Waals surface area contributed by atoms with Crippen LogP contribution < -0.4 is 5.32 Å². The molecule has 0 radical (unpaired) electrons. The fourth-order valence-electron chi connectivity index (χ4n) is 3.21. The molecule has 1 amide bonds. The van der Waals surface area contributed by atoms with Gasteiger partial charge in [0.2, 0.25) is 5.91 Å². The predicted molar refractivity (Wildman–Crippen MR) is 58.4 cm³/mol. The highest BCUT2D eigenvalue weighted by Gasteiger charge is 2.54. The molecule has 0 aromatic rings. The highest BCUT2D eigenvalue weighted by molar-refractivity contribution is 5.83. The summed E-state index contributed by atoms with van der Waals surface area (Å²) in [4.78, 5) is 14.4. The minimum atomic E-state index is 0.279. The van der Waals surface area contributed by atoms with E-state index in [2.05, 4.69) is 24.1 Å². The minimum Gasteiger partial charge on any atom is -0.338 e. The first-order chi connectivity index (χ1) is 7.09. The molecule has 2 aliphatic heterocycles. The number of hydrogen-bond acceptors (Lipinski definition) is 2. The predicted octanol–water partition coefficient (Wildman–Crippen LogP) is 0.853. The van der Waals surface area contributed by atoms with Crippen molar-refractivity contribution in [3.05, 3.63) is 0 Å². The summed E-state index contributed by atoms with van der Waals surface area (Å²) in [6, 6.07) is 0.508. The lowest BCUT2D eigenvalue weighted by Gasteiger charge is -2.24. The fraction of sp³-hybridized carbons (Fsp3) is 0.917. The van der Waals surface area contributed by atoms with Crippen molar-refractivity contribution in [1.82, 2.24) is 10.2 Å². The van der Waals surface area contributed by atoms with Crippen LogP contribution in [0.4, 0.5) is 0 Å². The van der Waals surface area contributed by atoms with Crippen LogP contribution in [0.25, 0.3) is 0 Å². The Balaban J connectivity index is 1.70. The van der Waals surface area contributed by atoms with E-state index in [1.807, 2.05) is 0 Å². The molecular weight excluding hydrogens is 188 g/mol. The normalized spacial score (nSPS) is 41.7. The van der Waals surface area contributed by atoms with Gasteiger partial charge in [-0.3, -0.25) is 4.79 Å². The van der Waals surface area contributed by atoms with Crippen LogP contribution >= 0.6 is 0 Å². The first kappa shape index (κ1) is 9.64. The number of nitrogens with zero attached hydrogens (tertiary/aromatic N) is 1. The number of likely N-dealkylation sites (tertiary alicyclic amines) is 1. The van der Waals surface area contributed by atoms with Gasteiger partial charge in [-0.1, -0.05) is 13.8 Å². The third kappa shape index (κ3) is 1.40. The van der Waals surface area contributed by atoms with Crippen LogP contribution in [0.3, 0.4) is 0 Å². The Bertz CT molecular complexity index is 300. The Morgan fingerprint density at radius 3 is 2.80 bits per heavy atom. The highest BCUT2D eigenvalue weighted by Crippen LogP contribution is 2.53. The van der Waals surface area contributed by atoms with Gasteiger partial charge in [0.05, 0.1) is 0 Å². The van der Waals surface area contributed by atoms with Crippen molar-refractivity contribution in [3.63, 3.8) is 0 Å². The molecule has 1 N–H and O–H groups in total. The lowest BCUT2D eigenvalue weighted by atomic mass is 10.0. The van der Waals surface area contributed by atoms with Gasteiger partial charge in [0.25, 0.3) is 0 Å². The monoisotopic (exact) mass is 208 g/mol. The average Bonchev–Trinajstić information content (AvgIpc) is 2.57. The molecule has 3 fully saturated rings. The molecule has 3 rings (SSSR count). The van der Waals surface area contributed by atoms with E-state index < -0.39 is 0 Å². The van der Waals surface area contributed by atoms with Crippen LogP contribution in [0.15, 0.2) is 0 Å². The van der Waals surface area contributed by atoms with E-state index in [0.717, 1.165) is 32.0 Å². The highest BCUT2D eigenvalue weighted by atomic mass is 16.2. The van der Waals surface area contributed by atoms with E-state index >= 15 is 0 Å². The van der Waals surface area contributed by atoms with E-state index in [0.29, 0.717) is 17.9 Å². The molecule has 3 nitrogen and oxygen atoms in total. The number of nitrogens with one attached hydrogen (secondary N) is 1. The zero-order valence-electron chi connectivity index (χ0n) is 9.62. The van der Waals surface area contributed by atoms with Crippen molar-refractivity contribution in [2.45, 2.75) is 32.7 Å². The topological polar surface area (TPSA) is 32.3 Å². The minimum absolute atomic E-state index is 0.279. The van der Waals surface area contributed by atoms with Crippen LogP contribution in [-0.4, -0.2) is 36.5 Å². The number of carbonyl (C=O) groups excluding carboxylic acids is 1. The van der Waals surface area contributed by atoms with E-state index in [9.17, 15) is 4.79 Å². The zero-order chi connectivity index (χ0) is 10.6. The number of fused-ring (bicyclic) bond motifs is 1. The molecule has 2 saturated heterocycles. The summed E-state index contributed by atoms with van der Waals surface area (Å²) >= 11 is 0. The lowest BCUT2D eigenvalue weighted by molar-refractivity contribution is -0.134. The average molecular weight is 208 g/mol. The van der Waals surface area contributed by atoms with Gasteiger partial charge in [-0.25, -0.2) is 0 Å². The van der Waals surface area contributed by atoms with E-state index in [-0.39, 0.29) is 5.41 Å². The van der Waals surface area contributed by atoms with Gasteiger partial charge in [-0.15, -0.1) is 0 Å². The SMILES string of the molecule is CC1(C)CC1C(=O)N1CC[C@H]2CNC[C@H]21. The van der Waals surface area contributed by atoms with Crippen LogP contribution in [0.5, 0.6) is 0 Å². The molecule has 1 aliphatic carbocycles. The van der Waals surface area contributed by atoms with Gasteiger partial charge < -0.3 is 10.2 Å². The largest absolute Gasteiger partial charge is 0.338 e. The zero-order valence-corrected chi connectivity index (χ0v) is 9.62. The van der Waals surface area contributed by atoms with Crippen LogP contribution in [0.1, 0.15) is 26.7 Å². The Morgan fingerprint density at radius 2 is 2.13 bits per heavy atom. The van der Waals surface area contributed by atoms with Gasteiger partial charge in [-0.05, 0) is 24.2 Å². The van der Waals surface area contributed by atoms with E-state index in [1.165, 1.54) is 6.42 Å². The maximum Gasteiger partial charge on any atom is 0.226 e. The summed E-state index contributed by atoms with van der Waals surface area (Å²) in [5, 5.41) is 3.40. The maximum atomic E-state index is 12.3. The van der Waals surface area contributed by atoms with Crippen molar-refractivity contribution >= 4 is 5.91 Å². The molecule has 1 unspecified atom stereocenters. The van der Waals surface area contributed by atoms with Crippen LogP contribution in [0, 0.1) is 17.3 Å². The second-order valence-corrected chi connectivity index (χ2v) is 6.05. The Morgan fingerprint density at radius 1 is 1.40 bits per heavy atom. The summed E-state index contributed by atoms with van der Waals surface area (Å²) in [5.74, 6) is 1.48. The summed E-state index contributed by atoms with van der Waals surface area (Å²) in [6.45, 7) is 7.54. The Hall–Kier alpha value is -0.570. The smallest absolute Gasteiger partial charge is 0.226 e. The van der Waals surface area contributed by atoms with Gasteiger partial charge in [0.1, 0.15) is 0 Å². The first-order valence-electron chi connectivity index (χ1n) is 6.11. The molecule has 0 bridgehead atoms. The molecule has 2 heterocycles. The molecule has 3 heteroatoms. The quantitative estimate of drug-likeness (QED) is 0.693. The van der Waals surface area contributed by atoms with Crippen LogP contribution in [-0.2, 0) is 4.79 Å². The molecule has 0 aromatic heterocycles.